The van der Waals surface area contributed by atoms with Crippen LogP contribution in [-0.4, -0.2) is 24.6 Å². The maximum absolute atomic E-state index is 5.99. The molecule has 2 rings (SSSR count). The summed E-state index contributed by atoms with van der Waals surface area (Å²) in [5.41, 5.74) is 4.21. The van der Waals surface area contributed by atoms with E-state index < -0.39 is 0 Å². The van der Waals surface area contributed by atoms with Crippen molar-refractivity contribution in [3.05, 3.63) is 46.3 Å². The van der Waals surface area contributed by atoms with E-state index in [1.165, 1.54) is 0 Å². The lowest BCUT2D eigenvalue weighted by atomic mass is 10.1. The van der Waals surface area contributed by atoms with Crippen molar-refractivity contribution in [2.75, 3.05) is 13.2 Å². The Morgan fingerprint density at radius 2 is 1.84 bits per heavy atom. The zero-order chi connectivity index (χ0) is 18.1. The monoisotopic (exact) mass is 344 g/mol. The van der Waals surface area contributed by atoms with Gasteiger partial charge in [-0.3, -0.25) is 0 Å². The predicted octanol–water partition coefficient (Wildman–Crippen LogP) is 4.76. The predicted molar refractivity (Wildman–Crippen MR) is 99.4 cm³/mol. The van der Waals surface area contributed by atoms with Gasteiger partial charge in [0.1, 0.15) is 18.1 Å². The molecule has 0 spiro atoms. The van der Waals surface area contributed by atoms with Gasteiger partial charge >= 0.3 is 0 Å². The van der Waals surface area contributed by atoms with E-state index in [1.54, 1.807) is 6.21 Å². The second-order valence-electron chi connectivity index (χ2n) is 6.23. The van der Waals surface area contributed by atoms with E-state index in [4.69, 9.17) is 14.1 Å². The number of unbranched alkanes of at least 4 members (excludes halogenated alkanes) is 2. The molecule has 0 radical (unpaired) electrons. The Morgan fingerprint density at radius 3 is 2.48 bits per heavy atom. The summed E-state index contributed by atoms with van der Waals surface area (Å²) in [5.74, 6) is 1.94. The average molecular weight is 344 g/mol. The molecule has 0 aliphatic heterocycles. The molecule has 136 valence electrons. The maximum Gasteiger partial charge on any atom is 0.136 e. The smallest absolute Gasteiger partial charge is 0.136 e. The summed E-state index contributed by atoms with van der Waals surface area (Å²) in [7, 11) is 0. The molecule has 0 fully saturated rings. The number of hydrogen-bond acceptors (Lipinski definition) is 5. The second kappa shape index (κ2) is 9.87. The van der Waals surface area contributed by atoms with Crippen LogP contribution in [0.4, 0.5) is 0 Å². The van der Waals surface area contributed by atoms with Crippen LogP contribution in [0.1, 0.15) is 54.3 Å². The third-order valence-electron chi connectivity index (χ3n) is 3.88. The highest BCUT2D eigenvalue weighted by Gasteiger charge is 2.06. The van der Waals surface area contributed by atoms with Gasteiger partial charge in [-0.05, 0) is 75.8 Å². The number of nitrogens with zero attached hydrogens (tertiary/aromatic N) is 2. The third kappa shape index (κ3) is 6.25. The number of oxime groups is 1. The molecule has 1 aromatic carbocycles. The van der Waals surface area contributed by atoms with Crippen LogP contribution < -0.4 is 4.74 Å². The van der Waals surface area contributed by atoms with Gasteiger partial charge in [0.25, 0.3) is 0 Å². The molecule has 0 N–H and O–H groups in total. The molecule has 0 bridgehead atoms. The zero-order valence-electron chi connectivity index (χ0n) is 15.7. The number of hydrogen-bond donors (Lipinski definition) is 0. The number of aromatic nitrogens is 1. The van der Waals surface area contributed by atoms with Gasteiger partial charge in [0.15, 0.2) is 0 Å². The molecule has 2 aromatic rings. The van der Waals surface area contributed by atoms with E-state index >= 15 is 0 Å². The van der Waals surface area contributed by atoms with E-state index in [0.717, 1.165) is 66.2 Å². The Kier molecular flexibility index (Phi) is 7.51. The van der Waals surface area contributed by atoms with Crippen molar-refractivity contribution in [3.63, 3.8) is 0 Å². The Hall–Kier alpha value is -2.30. The van der Waals surface area contributed by atoms with Crippen molar-refractivity contribution in [2.24, 2.45) is 5.16 Å². The second-order valence-corrected chi connectivity index (χ2v) is 6.23. The first-order valence-corrected chi connectivity index (χ1v) is 8.91. The van der Waals surface area contributed by atoms with Crippen LogP contribution in [0.2, 0.25) is 0 Å². The van der Waals surface area contributed by atoms with Crippen LogP contribution in [-0.2, 0) is 11.3 Å². The highest BCUT2D eigenvalue weighted by Crippen LogP contribution is 2.24. The molecule has 25 heavy (non-hydrogen) atoms. The Bertz CT molecular complexity index is 669. The van der Waals surface area contributed by atoms with Crippen LogP contribution in [0.5, 0.6) is 5.75 Å². The van der Waals surface area contributed by atoms with Crippen molar-refractivity contribution in [1.29, 1.82) is 0 Å². The molecule has 0 amide bonds. The van der Waals surface area contributed by atoms with Gasteiger partial charge in [-0.25, -0.2) is 0 Å². The minimum atomic E-state index is 0.575. The Balaban J connectivity index is 1.74. The van der Waals surface area contributed by atoms with Gasteiger partial charge in [-0.2, -0.15) is 0 Å². The first kappa shape index (κ1) is 19.0. The van der Waals surface area contributed by atoms with E-state index in [-0.39, 0.29) is 0 Å². The van der Waals surface area contributed by atoms with Crippen molar-refractivity contribution >= 4 is 6.21 Å². The molecule has 1 heterocycles. The minimum Gasteiger partial charge on any atom is -0.493 e. The number of benzene rings is 1. The summed E-state index contributed by atoms with van der Waals surface area (Å²) in [6.45, 7) is 9.28. The van der Waals surface area contributed by atoms with Gasteiger partial charge in [-0.15, -0.1) is 0 Å². The average Bonchev–Trinajstić information content (AvgIpc) is 2.98. The Morgan fingerprint density at radius 1 is 1.08 bits per heavy atom. The molecule has 5 heteroatoms. The summed E-state index contributed by atoms with van der Waals surface area (Å²) in [6.07, 6.45) is 5.89. The van der Waals surface area contributed by atoms with Crippen molar-refractivity contribution in [1.82, 2.24) is 5.16 Å². The molecule has 0 aliphatic carbocycles. The lowest BCUT2D eigenvalue weighted by molar-refractivity contribution is 0.160. The van der Waals surface area contributed by atoms with Crippen molar-refractivity contribution in [2.45, 2.75) is 53.4 Å². The van der Waals surface area contributed by atoms with Gasteiger partial charge < -0.3 is 14.1 Å². The van der Waals surface area contributed by atoms with Gasteiger partial charge in [0.05, 0.1) is 18.5 Å². The van der Waals surface area contributed by atoms with Crippen LogP contribution in [0.3, 0.4) is 0 Å². The number of aryl methyl sites for hydroxylation is 4. The molecule has 1 aromatic heterocycles. The van der Waals surface area contributed by atoms with Gasteiger partial charge in [0, 0.05) is 12.5 Å². The highest BCUT2D eigenvalue weighted by molar-refractivity contribution is 5.80. The van der Waals surface area contributed by atoms with Crippen molar-refractivity contribution in [3.8, 4) is 5.75 Å². The first-order valence-electron chi connectivity index (χ1n) is 8.91. The SMILES string of the molecule is CCO/N=C/c1cc(C)c(OCCCCCc2cc(C)no2)c(C)c1. The van der Waals surface area contributed by atoms with E-state index in [2.05, 4.69) is 36.3 Å². The molecule has 0 atom stereocenters. The summed E-state index contributed by atoms with van der Waals surface area (Å²) < 4.78 is 11.2. The largest absolute Gasteiger partial charge is 0.493 e. The minimum absolute atomic E-state index is 0.575. The number of rotatable bonds is 10. The molecule has 5 nitrogen and oxygen atoms in total. The lowest BCUT2D eigenvalue weighted by Gasteiger charge is -2.13. The quantitative estimate of drug-likeness (QED) is 0.354. The maximum atomic E-state index is 5.99. The van der Waals surface area contributed by atoms with Crippen molar-refractivity contribution < 1.29 is 14.1 Å². The summed E-state index contributed by atoms with van der Waals surface area (Å²) >= 11 is 0. The van der Waals surface area contributed by atoms with Gasteiger partial charge in [-0.1, -0.05) is 10.3 Å². The zero-order valence-corrected chi connectivity index (χ0v) is 15.7. The summed E-state index contributed by atoms with van der Waals surface area (Å²) in [4.78, 5) is 5.01. The molecule has 0 aliphatic rings. The standard InChI is InChI=1S/C20H28N2O3/c1-5-24-21-14-18-11-15(2)20(16(3)12-18)23-10-8-6-7-9-19-13-17(4)22-25-19/h11-14H,5-10H2,1-4H3/b21-14+. The topological polar surface area (TPSA) is 56.9 Å². The normalized spacial score (nSPS) is 11.2. The molecule has 0 saturated heterocycles. The fourth-order valence-corrected chi connectivity index (χ4v) is 2.75. The third-order valence-corrected chi connectivity index (χ3v) is 3.88. The molecule has 0 saturated carbocycles. The van der Waals surface area contributed by atoms with Crippen LogP contribution in [0.25, 0.3) is 0 Å². The molecule has 0 unspecified atom stereocenters. The fraction of sp³-hybridized carbons (Fsp3) is 0.500. The van der Waals surface area contributed by atoms with Gasteiger partial charge in [0.2, 0.25) is 0 Å². The Labute approximate surface area is 150 Å². The van der Waals surface area contributed by atoms with E-state index in [9.17, 15) is 0 Å². The molecular weight excluding hydrogens is 316 g/mol. The number of ether oxygens (including phenoxy) is 1. The van der Waals surface area contributed by atoms with Crippen LogP contribution in [0, 0.1) is 20.8 Å². The lowest BCUT2D eigenvalue weighted by Crippen LogP contribution is -2.02. The first-order chi connectivity index (χ1) is 12.1. The van der Waals surface area contributed by atoms with E-state index in [0.29, 0.717) is 6.61 Å². The van der Waals surface area contributed by atoms with E-state index in [1.807, 2.05) is 19.9 Å². The van der Waals surface area contributed by atoms with Crippen LogP contribution in [0.15, 0.2) is 27.9 Å². The van der Waals surface area contributed by atoms with Crippen LogP contribution >= 0.6 is 0 Å². The summed E-state index contributed by atoms with van der Waals surface area (Å²) in [6, 6.07) is 6.13. The highest BCUT2D eigenvalue weighted by atomic mass is 16.6. The molecular formula is C20H28N2O3. The fourth-order valence-electron chi connectivity index (χ4n) is 2.75. The summed E-state index contributed by atoms with van der Waals surface area (Å²) in [5, 5.41) is 7.82.